The SMILES string of the molecule is NC(=O)CN1CCC(NC(=O)CCCc2nc3ccccc3s2)CC1. The van der Waals surface area contributed by atoms with Crippen LogP contribution in [0.15, 0.2) is 24.3 Å². The standard InChI is InChI=1S/C18H24N4O2S/c19-16(23)12-22-10-8-13(9-11-22)20-17(24)6-3-7-18-21-14-4-1-2-5-15(14)25-18/h1-2,4-5,13H,3,6-12H2,(H2,19,23)(H,20,24). The molecule has 2 aromatic rings. The van der Waals surface area contributed by atoms with Crippen LogP contribution in [0.3, 0.4) is 0 Å². The molecule has 7 heteroatoms. The van der Waals surface area contributed by atoms with E-state index in [1.165, 1.54) is 4.70 Å². The second-order valence-corrected chi connectivity index (χ2v) is 7.63. The van der Waals surface area contributed by atoms with E-state index >= 15 is 0 Å². The van der Waals surface area contributed by atoms with Crippen LogP contribution in [0.1, 0.15) is 30.7 Å². The van der Waals surface area contributed by atoms with Gasteiger partial charge in [-0.1, -0.05) is 12.1 Å². The first-order chi connectivity index (χ1) is 12.1. The van der Waals surface area contributed by atoms with Crippen LogP contribution in [-0.2, 0) is 16.0 Å². The molecule has 134 valence electrons. The normalized spacial score (nSPS) is 16.2. The Morgan fingerprint density at radius 1 is 1.28 bits per heavy atom. The summed E-state index contributed by atoms with van der Waals surface area (Å²) in [5.74, 6) is -0.188. The van der Waals surface area contributed by atoms with Crippen molar-refractivity contribution in [1.29, 1.82) is 0 Å². The number of primary amides is 1. The first-order valence-electron chi connectivity index (χ1n) is 8.74. The van der Waals surface area contributed by atoms with Crippen molar-refractivity contribution in [3.8, 4) is 0 Å². The molecule has 1 aliphatic heterocycles. The lowest BCUT2D eigenvalue weighted by Crippen LogP contribution is -2.46. The van der Waals surface area contributed by atoms with Crippen LogP contribution >= 0.6 is 11.3 Å². The van der Waals surface area contributed by atoms with Gasteiger partial charge in [0, 0.05) is 25.6 Å². The molecule has 1 aromatic carbocycles. The Balaban J connectivity index is 1.36. The minimum absolute atomic E-state index is 0.106. The minimum Gasteiger partial charge on any atom is -0.369 e. The van der Waals surface area contributed by atoms with E-state index in [4.69, 9.17) is 5.73 Å². The molecular formula is C18H24N4O2S. The number of benzene rings is 1. The minimum atomic E-state index is -0.294. The van der Waals surface area contributed by atoms with E-state index in [9.17, 15) is 9.59 Å². The van der Waals surface area contributed by atoms with Gasteiger partial charge in [0.2, 0.25) is 11.8 Å². The summed E-state index contributed by atoms with van der Waals surface area (Å²) in [7, 11) is 0. The Labute approximate surface area is 151 Å². The number of thiazole rings is 1. The molecule has 1 aromatic heterocycles. The third kappa shape index (κ3) is 5.24. The summed E-state index contributed by atoms with van der Waals surface area (Å²) >= 11 is 1.70. The average Bonchev–Trinajstić information content (AvgIpc) is 2.99. The Morgan fingerprint density at radius 2 is 2.04 bits per heavy atom. The maximum absolute atomic E-state index is 12.1. The monoisotopic (exact) mass is 360 g/mol. The molecule has 25 heavy (non-hydrogen) atoms. The van der Waals surface area contributed by atoms with Gasteiger partial charge < -0.3 is 11.1 Å². The number of rotatable bonds is 7. The van der Waals surface area contributed by atoms with Crippen LogP contribution in [0.2, 0.25) is 0 Å². The lowest BCUT2D eigenvalue weighted by atomic mass is 10.0. The maximum Gasteiger partial charge on any atom is 0.231 e. The number of hydrogen-bond donors (Lipinski definition) is 2. The van der Waals surface area contributed by atoms with Crippen molar-refractivity contribution in [1.82, 2.24) is 15.2 Å². The predicted octanol–water partition coefficient (Wildman–Crippen LogP) is 1.68. The van der Waals surface area contributed by atoms with Gasteiger partial charge in [-0.2, -0.15) is 0 Å². The molecule has 2 heterocycles. The summed E-state index contributed by atoms with van der Waals surface area (Å²) in [6.45, 7) is 1.92. The number of hydrogen-bond acceptors (Lipinski definition) is 5. The zero-order chi connectivity index (χ0) is 17.6. The molecule has 3 N–H and O–H groups in total. The van der Waals surface area contributed by atoms with Gasteiger partial charge in [-0.25, -0.2) is 4.98 Å². The predicted molar refractivity (Wildman–Crippen MR) is 99.4 cm³/mol. The molecule has 0 saturated carbocycles. The van der Waals surface area contributed by atoms with Gasteiger partial charge in [-0.15, -0.1) is 11.3 Å². The third-order valence-electron chi connectivity index (χ3n) is 4.46. The summed E-state index contributed by atoms with van der Waals surface area (Å²) in [6.07, 6.45) is 3.92. The van der Waals surface area contributed by atoms with E-state index in [0.29, 0.717) is 13.0 Å². The summed E-state index contributed by atoms with van der Waals surface area (Å²) < 4.78 is 1.20. The second-order valence-electron chi connectivity index (χ2n) is 6.51. The molecule has 1 aliphatic rings. The van der Waals surface area contributed by atoms with Gasteiger partial charge in [-0.3, -0.25) is 14.5 Å². The van der Waals surface area contributed by atoms with E-state index in [1.54, 1.807) is 11.3 Å². The van der Waals surface area contributed by atoms with Crippen molar-refractivity contribution in [3.05, 3.63) is 29.3 Å². The van der Waals surface area contributed by atoms with Crippen LogP contribution in [0, 0.1) is 0 Å². The molecule has 0 bridgehead atoms. The molecule has 0 aliphatic carbocycles. The van der Waals surface area contributed by atoms with Crippen molar-refractivity contribution in [2.75, 3.05) is 19.6 Å². The molecule has 0 spiro atoms. The summed E-state index contributed by atoms with van der Waals surface area (Å²) in [5, 5.41) is 4.20. The topological polar surface area (TPSA) is 88.3 Å². The largest absolute Gasteiger partial charge is 0.369 e. The number of likely N-dealkylation sites (tertiary alicyclic amines) is 1. The first kappa shape index (κ1) is 17.8. The summed E-state index contributed by atoms with van der Waals surface area (Å²) in [4.78, 5) is 29.7. The van der Waals surface area contributed by atoms with Gasteiger partial charge in [0.05, 0.1) is 21.8 Å². The van der Waals surface area contributed by atoms with Gasteiger partial charge >= 0.3 is 0 Å². The van der Waals surface area contributed by atoms with E-state index in [0.717, 1.165) is 49.3 Å². The number of piperidine rings is 1. The first-order valence-corrected chi connectivity index (χ1v) is 9.56. The highest BCUT2D eigenvalue weighted by Gasteiger charge is 2.21. The lowest BCUT2D eigenvalue weighted by molar-refractivity contribution is -0.123. The molecular weight excluding hydrogens is 336 g/mol. The zero-order valence-electron chi connectivity index (χ0n) is 14.2. The van der Waals surface area contributed by atoms with Gasteiger partial charge in [0.15, 0.2) is 0 Å². The molecule has 1 fully saturated rings. The smallest absolute Gasteiger partial charge is 0.231 e. The van der Waals surface area contributed by atoms with Crippen molar-refractivity contribution >= 4 is 33.4 Å². The van der Waals surface area contributed by atoms with Crippen LogP contribution in [0.4, 0.5) is 0 Å². The molecule has 2 amide bonds. The highest BCUT2D eigenvalue weighted by Crippen LogP contribution is 2.22. The Hall–Kier alpha value is -1.99. The van der Waals surface area contributed by atoms with Gasteiger partial charge in [0.25, 0.3) is 0 Å². The number of aromatic nitrogens is 1. The fourth-order valence-corrected chi connectivity index (χ4v) is 4.19. The van der Waals surface area contributed by atoms with Crippen LogP contribution in [-0.4, -0.2) is 47.4 Å². The Morgan fingerprint density at radius 3 is 2.76 bits per heavy atom. The van der Waals surface area contributed by atoms with Crippen molar-refractivity contribution in [2.24, 2.45) is 5.73 Å². The highest BCUT2D eigenvalue weighted by molar-refractivity contribution is 7.18. The zero-order valence-corrected chi connectivity index (χ0v) is 15.1. The van der Waals surface area contributed by atoms with Crippen molar-refractivity contribution in [2.45, 2.75) is 38.1 Å². The third-order valence-corrected chi connectivity index (χ3v) is 5.56. The molecule has 0 atom stereocenters. The van der Waals surface area contributed by atoms with Crippen molar-refractivity contribution in [3.63, 3.8) is 0 Å². The highest BCUT2D eigenvalue weighted by atomic mass is 32.1. The molecule has 0 radical (unpaired) electrons. The average molecular weight is 360 g/mol. The molecule has 0 unspecified atom stereocenters. The summed E-state index contributed by atoms with van der Waals surface area (Å²) in [6, 6.07) is 8.32. The number of fused-ring (bicyclic) bond motifs is 1. The molecule has 6 nitrogen and oxygen atoms in total. The van der Waals surface area contributed by atoms with Crippen molar-refractivity contribution < 1.29 is 9.59 Å². The number of nitrogens with zero attached hydrogens (tertiary/aromatic N) is 2. The number of carbonyl (C=O) groups is 2. The molecule has 1 saturated heterocycles. The quantitative estimate of drug-likeness (QED) is 0.786. The second kappa shape index (κ2) is 8.40. The Kier molecular flexibility index (Phi) is 5.99. The number of nitrogens with two attached hydrogens (primary N) is 1. The van der Waals surface area contributed by atoms with Crippen LogP contribution in [0.5, 0.6) is 0 Å². The number of carbonyl (C=O) groups excluding carboxylic acids is 2. The van der Waals surface area contributed by atoms with E-state index < -0.39 is 0 Å². The fourth-order valence-electron chi connectivity index (χ4n) is 3.18. The Bertz CT molecular complexity index is 705. The van der Waals surface area contributed by atoms with E-state index in [2.05, 4.69) is 16.4 Å². The van der Waals surface area contributed by atoms with E-state index in [-0.39, 0.29) is 17.9 Å². The van der Waals surface area contributed by atoms with Gasteiger partial charge in [0.1, 0.15) is 0 Å². The number of aryl methyl sites for hydroxylation is 1. The maximum atomic E-state index is 12.1. The van der Waals surface area contributed by atoms with E-state index in [1.807, 2.05) is 23.1 Å². The number of para-hydroxylation sites is 1. The number of nitrogens with one attached hydrogen (secondary N) is 1. The van der Waals surface area contributed by atoms with Crippen LogP contribution < -0.4 is 11.1 Å². The summed E-state index contributed by atoms with van der Waals surface area (Å²) in [5.41, 5.74) is 6.25. The fraction of sp³-hybridized carbons (Fsp3) is 0.500. The lowest BCUT2D eigenvalue weighted by Gasteiger charge is -2.31. The molecule has 3 rings (SSSR count). The van der Waals surface area contributed by atoms with Crippen LogP contribution in [0.25, 0.3) is 10.2 Å². The van der Waals surface area contributed by atoms with Gasteiger partial charge in [-0.05, 0) is 37.8 Å². The number of amides is 2.